The van der Waals surface area contributed by atoms with Gasteiger partial charge in [-0.1, -0.05) is 6.92 Å². The van der Waals surface area contributed by atoms with Gasteiger partial charge in [0, 0.05) is 43.1 Å². The summed E-state index contributed by atoms with van der Waals surface area (Å²) in [5.41, 5.74) is -0.390. The zero-order chi connectivity index (χ0) is 31.8. The summed E-state index contributed by atoms with van der Waals surface area (Å²) < 4.78 is 83.4. The number of sulfonamides is 1. The van der Waals surface area contributed by atoms with Crippen molar-refractivity contribution in [3.8, 4) is 28.8 Å². The Balaban J connectivity index is 1.45. The van der Waals surface area contributed by atoms with E-state index >= 15 is 4.39 Å². The predicted molar refractivity (Wildman–Crippen MR) is 161 cm³/mol. The van der Waals surface area contributed by atoms with Gasteiger partial charge in [0.2, 0.25) is 21.8 Å². The van der Waals surface area contributed by atoms with Gasteiger partial charge >= 0.3 is 0 Å². The molecule has 0 aliphatic carbocycles. The maximum absolute atomic E-state index is 16.8. The SMILES string of the molecule is CCc1c(F)cnc2cc(O)cc(-c3nc4c5c(cc(OC[C@@]67CCCN6C[C@H](F)C7)nc5c3F)N(C)[C@@H](S(N)(=O)=O)CO4)c12. The summed E-state index contributed by atoms with van der Waals surface area (Å²) >= 11 is 0. The number of halogens is 3. The Labute approximate surface area is 256 Å². The van der Waals surface area contributed by atoms with Crippen LogP contribution in [0, 0.1) is 11.6 Å². The molecule has 6 heterocycles. The summed E-state index contributed by atoms with van der Waals surface area (Å²) in [4.78, 5) is 16.4. The number of ether oxygens (including phenoxy) is 2. The summed E-state index contributed by atoms with van der Waals surface area (Å²) in [6.07, 6.45) is 2.21. The standard InChI is InChI=1S/C30H31F3N6O5S/c1-3-17-19(32)11-35-20-8-16(40)7-18(24(17)20)27-26(33)28-25-21(38(2)23(45(34,41)42)13-43-29(25)37-27)9-22(36-28)44-14-30-5-4-6-39(30)12-15(31)10-30/h7-9,11,15,23,40H,3-6,10,12-14H2,1-2H3,(H2,34,41,42)/t15-,23+,30+/m1/s1. The number of hydrogen-bond donors (Lipinski definition) is 2. The molecular formula is C30H31F3N6O5S. The van der Waals surface area contributed by atoms with E-state index in [-0.39, 0.29) is 74.9 Å². The van der Waals surface area contributed by atoms with Gasteiger partial charge in [-0.3, -0.25) is 9.88 Å². The number of alkyl halides is 1. The van der Waals surface area contributed by atoms with Crippen molar-refractivity contribution in [2.24, 2.45) is 5.14 Å². The number of aromatic nitrogens is 3. The van der Waals surface area contributed by atoms with Crippen molar-refractivity contribution in [1.29, 1.82) is 0 Å². The lowest BCUT2D eigenvalue weighted by Gasteiger charge is -2.31. The number of primary sulfonamides is 1. The van der Waals surface area contributed by atoms with Crippen molar-refractivity contribution in [2.45, 2.75) is 49.7 Å². The summed E-state index contributed by atoms with van der Waals surface area (Å²) in [7, 11) is -2.73. The highest BCUT2D eigenvalue weighted by molar-refractivity contribution is 7.89. The number of fused-ring (bicyclic) bond motifs is 2. The van der Waals surface area contributed by atoms with Crippen LogP contribution in [0.2, 0.25) is 0 Å². The molecule has 2 fully saturated rings. The molecule has 11 nitrogen and oxygen atoms in total. The van der Waals surface area contributed by atoms with Gasteiger partial charge in [-0.15, -0.1) is 0 Å². The molecule has 3 N–H and O–H groups in total. The van der Waals surface area contributed by atoms with Gasteiger partial charge in [-0.25, -0.2) is 36.7 Å². The number of benzene rings is 1. The number of rotatable bonds is 6. The van der Waals surface area contributed by atoms with Gasteiger partial charge in [0.1, 0.15) is 42.2 Å². The Morgan fingerprint density at radius 1 is 1.22 bits per heavy atom. The van der Waals surface area contributed by atoms with Crippen LogP contribution in [0.3, 0.4) is 0 Å². The van der Waals surface area contributed by atoms with E-state index in [0.29, 0.717) is 13.0 Å². The quantitative estimate of drug-likeness (QED) is 0.318. The average Bonchev–Trinajstić information content (AvgIpc) is 3.46. The van der Waals surface area contributed by atoms with Crippen molar-refractivity contribution in [3.63, 3.8) is 0 Å². The summed E-state index contributed by atoms with van der Waals surface area (Å²) in [5, 5.41) is 15.0. The highest BCUT2D eigenvalue weighted by Crippen LogP contribution is 2.45. The largest absolute Gasteiger partial charge is 0.508 e. The first-order valence-corrected chi connectivity index (χ1v) is 16.2. The lowest BCUT2D eigenvalue weighted by atomic mass is 9.95. The minimum atomic E-state index is -4.20. The Morgan fingerprint density at radius 3 is 2.78 bits per heavy atom. The minimum absolute atomic E-state index is 0.0207. The fraction of sp³-hybridized carbons (Fsp3) is 0.433. The molecule has 0 unspecified atom stereocenters. The number of phenolic OH excluding ortho intramolecular Hbond substituents is 1. The molecule has 45 heavy (non-hydrogen) atoms. The van der Waals surface area contributed by atoms with Crippen LogP contribution in [0.1, 0.15) is 31.7 Å². The number of likely N-dealkylation sites (N-methyl/N-ethyl adjacent to an activating group) is 1. The first kappa shape index (κ1) is 29.7. The van der Waals surface area contributed by atoms with Gasteiger partial charge < -0.3 is 19.5 Å². The number of anilines is 1. The lowest BCUT2D eigenvalue weighted by Crippen LogP contribution is -2.45. The zero-order valence-electron chi connectivity index (χ0n) is 24.6. The molecule has 0 saturated carbocycles. The van der Waals surface area contributed by atoms with E-state index in [0.717, 1.165) is 25.6 Å². The molecule has 3 aliphatic rings. The van der Waals surface area contributed by atoms with E-state index < -0.39 is 45.3 Å². The molecule has 3 aliphatic heterocycles. The lowest BCUT2D eigenvalue weighted by molar-refractivity contribution is 0.111. The second-order valence-corrected chi connectivity index (χ2v) is 13.7. The highest BCUT2D eigenvalue weighted by Gasteiger charge is 2.49. The number of aryl methyl sites for hydroxylation is 1. The van der Waals surface area contributed by atoms with Crippen molar-refractivity contribution in [1.82, 2.24) is 19.9 Å². The Kier molecular flexibility index (Phi) is 6.98. The summed E-state index contributed by atoms with van der Waals surface area (Å²) in [5.74, 6) is -1.95. The molecule has 238 valence electrons. The normalized spacial score (nSPS) is 23.4. The molecule has 4 aromatic rings. The number of nitrogens with two attached hydrogens (primary N) is 1. The van der Waals surface area contributed by atoms with Gasteiger partial charge in [0.25, 0.3) is 0 Å². The van der Waals surface area contributed by atoms with Crippen LogP contribution < -0.4 is 19.5 Å². The van der Waals surface area contributed by atoms with Gasteiger partial charge in [0.05, 0.1) is 28.3 Å². The van der Waals surface area contributed by atoms with Crippen molar-refractivity contribution in [2.75, 3.05) is 38.3 Å². The summed E-state index contributed by atoms with van der Waals surface area (Å²) in [6.45, 7) is 2.45. The molecular weight excluding hydrogens is 613 g/mol. The molecule has 0 radical (unpaired) electrons. The van der Waals surface area contributed by atoms with Gasteiger partial charge in [-0.2, -0.15) is 0 Å². The van der Waals surface area contributed by atoms with E-state index in [1.165, 1.54) is 30.1 Å². The van der Waals surface area contributed by atoms with Crippen LogP contribution in [0.25, 0.3) is 33.1 Å². The second kappa shape index (κ2) is 10.6. The van der Waals surface area contributed by atoms with Crippen molar-refractivity contribution < 1.29 is 36.2 Å². The zero-order valence-corrected chi connectivity index (χ0v) is 25.4. The Morgan fingerprint density at radius 2 is 2.02 bits per heavy atom. The van der Waals surface area contributed by atoms with E-state index in [1.807, 2.05) is 0 Å². The molecule has 15 heteroatoms. The second-order valence-electron chi connectivity index (χ2n) is 11.9. The van der Waals surface area contributed by atoms with Crippen molar-refractivity contribution >= 4 is 37.5 Å². The predicted octanol–water partition coefficient (Wildman–Crippen LogP) is 3.79. The number of phenols is 1. The third-order valence-corrected chi connectivity index (χ3v) is 10.5. The number of aromatic hydroxyl groups is 1. The molecule has 1 aromatic carbocycles. The fourth-order valence-electron chi connectivity index (χ4n) is 7.11. The molecule has 7 rings (SSSR count). The van der Waals surface area contributed by atoms with E-state index in [1.54, 1.807) is 6.92 Å². The maximum Gasteiger partial charge on any atom is 0.233 e. The Bertz CT molecular complexity index is 1980. The first-order valence-electron chi connectivity index (χ1n) is 14.6. The third kappa shape index (κ3) is 4.79. The number of nitrogens with zero attached hydrogens (tertiary/aromatic N) is 5. The van der Waals surface area contributed by atoms with Crippen LogP contribution in [-0.2, 0) is 16.4 Å². The topological polar surface area (TPSA) is 144 Å². The van der Waals surface area contributed by atoms with E-state index in [9.17, 15) is 22.3 Å². The molecule has 0 amide bonds. The Hall–Kier alpha value is -3.95. The smallest absolute Gasteiger partial charge is 0.233 e. The van der Waals surface area contributed by atoms with Crippen molar-refractivity contribution in [3.05, 3.63) is 41.6 Å². The van der Waals surface area contributed by atoms with Crippen LogP contribution in [0.5, 0.6) is 17.5 Å². The molecule has 3 atom stereocenters. The van der Waals surface area contributed by atoms with E-state index in [2.05, 4.69) is 19.9 Å². The number of pyridine rings is 3. The molecule has 0 spiro atoms. The monoisotopic (exact) mass is 644 g/mol. The fourth-order valence-corrected chi connectivity index (χ4v) is 7.92. The van der Waals surface area contributed by atoms with Gasteiger partial charge in [0.15, 0.2) is 11.2 Å². The molecule has 0 bridgehead atoms. The van der Waals surface area contributed by atoms with Crippen LogP contribution in [0.4, 0.5) is 18.9 Å². The minimum Gasteiger partial charge on any atom is -0.508 e. The van der Waals surface area contributed by atoms with Crippen LogP contribution in [-0.4, -0.2) is 83.8 Å². The third-order valence-electron chi connectivity index (χ3n) is 9.24. The van der Waals surface area contributed by atoms with Crippen LogP contribution >= 0.6 is 0 Å². The maximum atomic E-state index is 16.8. The average molecular weight is 645 g/mol. The van der Waals surface area contributed by atoms with Crippen LogP contribution in [0.15, 0.2) is 24.4 Å². The molecule has 2 saturated heterocycles. The summed E-state index contributed by atoms with van der Waals surface area (Å²) in [6, 6.07) is 4.06. The first-order chi connectivity index (χ1) is 21.4. The van der Waals surface area contributed by atoms with Gasteiger partial charge in [-0.05, 0) is 37.4 Å². The highest BCUT2D eigenvalue weighted by atomic mass is 32.2. The number of hydrogen-bond acceptors (Lipinski definition) is 10. The molecule has 3 aromatic heterocycles. The van der Waals surface area contributed by atoms with E-state index in [4.69, 9.17) is 14.6 Å².